The summed E-state index contributed by atoms with van der Waals surface area (Å²) in [4.78, 5) is 71.9. The lowest BCUT2D eigenvalue weighted by atomic mass is 9.88. The largest absolute Gasteiger partial charge is 0.481 e. The molecule has 0 radical (unpaired) electrons. The number of ether oxygens (including phenoxy) is 2. The fourth-order valence-electron chi connectivity index (χ4n) is 3.85. The first-order valence-corrected chi connectivity index (χ1v) is 12.8. The van der Waals surface area contributed by atoms with Crippen molar-refractivity contribution in [1.29, 1.82) is 0 Å². The molecule has 16 nitrogen and oxygen atoms in total. The number of esters is 1. The van der Waals surface area contributed by atoms with Crippen LogP contribution >= 0.6 is 11.8 Å². The van der Waals surface area contributed by atoms with Crippen LogP contribution in [0.5, 0.6) is 0 Å². The monoisotopic (exact) mass is 579 g/mol. The van der Waals surface area contributed by atoms with Crippen LogP contribution in [0.3, 0.4) is 0 Å². The number of imide groups is 1. The first kappa shape index (κ1) is 32.4. The molecule has 4 unspecified atom stereocenters. The summed E-state index contributed by atoms with van der Waals surface area (Å²) in [6.45, 7) is 2.36. The molecule has 0 aliphatic carbocycles. The maximum atomic E-state index is 12.8. The molecule has 2 aliphatic rings. The quantitative estimate of drug-likeness (QED) is 0.0629. The number of aliphatic hydroxyl groups is 4. The van der Waals surface area contributed by atoms with E-state index in [4.69, 9.17) is 9.47 Å². The van der Waals surface area contributed by atoms with Gasteiger partial charge in [-0.05, 0) is 20.3 Å². The summed E-state index contributed by atoms with van der Waals surface area (Å²) in [6.07, 6.45) is -6.13. The normalized spacial score (nSPS) is 29.8. The highest BCUT2D eigenvalue weighted by Crippen LogP contribution is 2.34. The third-order valence-corrected chi connectivity index (χ3v) is 7.44. The van der Waals surface area contributed by atoms with Crippen LogP contribution in [0.4, 0.5) is 0 Å². The Kier molecular flexibility index (Phi) is 10.8. The first-order chi connectivity index (χ1) is 18.0. The predicted octanol–water partition coefficient (Wildman–Crippen LogP) is -3.68. The molecular formula is C22H33N3O13S. The Morgan fingerprint density at radius 2 is 1.87 bits per heavy atom. The fraction of sp³-hybridized carbons (Fsp3) is 0.727. The smallest absolute Gasteiger partial charge is 0.319 e. The molecule has 0 aromatic heterocycles. The first-order valence-electron chi connectivity index (χ1n) is 11.8. The van der Waals surface area contributed by atoms with Crippen molar-refractivity contribution in [1.82, 2.24) is 16.0 Å². The molecule has 39 heavy (non-hydrogen) atoms. The maximum absolute atomic E-state index is 12.8. The number of carbonyl (C=O) groups is 6. The summed E-state index contributed by atoms with van der Waals surface area (Å²) in [7, 11) is 0. The van der Waals surface area contributed by atoms with Crippen LogP contribution in [0, 0.1) is 5.41 Å². The molecule has 2 aliphatic heterocycles. The second kappa shape index (κ2) is 13.0. The number of carbonyl (C=O) groups excluding carboxylic acids is 5. The topological polar surface area (TPSA) is 258 Å². The lowest BCUT2D eigenvalue weighted by molar-refractivity contribution is -0.328. The zero-order valence-corrected chi connectivity index (χ0v) is 22.2. The molecular weight excluding hydrogens is 546 g/mol. The molecule has 7 atom stereocenters. The van der Waals surface area contributed by atoms with E-state index in [0.29, 0.717) is 0 Å². The summed E-state index contributed by atoms with van der Waals surface area (Å²) >= 11 is 0.766. The van der Waals surface area contributed by atoms with Gasteiger partial charge in [-0.3, -0.25) is 34.1 Å². The Morgan fingerprint density at radius 1 is 1.23 bits per heavy atom. The third kappa shape index (κ3) is 8.33. The van der Waals surface area contributed by atoms with Gasteiger partial charge in [0.25, 0.3) is 5.91 Å². The highest BCUT2D eigenvalue weighted by Gasteiger charge is 2.54. The fourth-order valence-corrected chi connectivity index (χ4v) is 5.37. The second-order valence-corrected chi connectivity index (χ2v) is 11.2. The molecule has 0 aromatic carbocycles. The molecule has 0 spiro atoms. The number of hydrogen-bond acceptors (Lipinski definition) is 13. The number of aliphatic carboxylic acids is 1. The minimum Gasteiger partial charge on any atom is -0.481 e. The van der Waals surface area contributed by atoms with Gasteiger partial charge in [0.2, 0.25) is 23.6 Å². The molecule has 0 saturated carbocycles. The minimum atomic E-state index is -2.76. The molecule has 2 heterocycles. The van der Waals surface area contributed by atoms with E-state index >= 15 is 0 Å². The van der Waals surface area contributed by atoms with E-state index in [1.807, 2.05) is 5.32 Å². The Labute approximate surface area is 226 Å². The van der Waals surface area contributed by atoms with Crippen molar-refractivity contribution in [2.24, 2.45) is 5.41 Å². The number of amides is 4. The van der Waals surface area contributed by atoms with Gasteiger partial charge in [0.05, 0.1) is 23.7 Å². The summed E-state index contributed by atoms with van der Waals surface area (Å²) in [5.41, 5.74) is -1.40. The standard InChI is InChI=1S/C22H33N3O13S/c1-9(27)23-17-16(31)15(30)10(8-26)38-22(17,36)25-13(28)4-5-37-19(33)12(7-21(2,3)20(34)35)39-11-6-14(29)24-18(11)32/h10-12,15-17,26,30-31,36H,4-8H2,1-3H3,(H,23,27)(H,25,28)(H,34,35)(H,24,29,32)/t10?,11?,12?,15-,16+,17?,22-/m1/s1. The lowest BCUT2D eigenvalue weighted by Gasteiger charge is -2.47. The van der Waals surface area contributed by atoms with Crippen molar-refractivity contribution in [3.05, 3.63) is 0 Å². The van der Waals surface area contributed by atoms with E-state index in [-0.39, 0.29) is 12.8 Å². The van der Waals surface area contributed by atoms with Gasteiger partial charge in [0.1, 0.15) is 36.2 Å². The van der Waals surface area contributed by atoms with E-state index < -0.39 is 101 Å². The maximum Gasteiger partial charge on any atom is 0.319 e. The van der Waals surface area contributed by atoms with Crippen LogP contribution in [0.1, 0.15) is 40.0 Å². The van der Waals surface area contributed by atoms with Crippen molar-refractivity contribution in [2.75, 3.05) is 13.2 Å². The molecule has 220 valence electrons. The van der Waals surface area contributed by atoms with Gasteiger partial charge in [0, 0.05) is 13.3 Å². The summed E-state index contributed by atoms with van der Waals surface area (Å²) in [6, 6.07) is -1.74. The van der Waals surface area contributed by atoms with Gasteiger partial charge in [0.15, 0.2) is 0 Å². The van der Waals surface area contributed by atoms with Gasteiger partial charge < -0.3 is 45.6 Å². The Bertz CT molecular complexity index is 992. The predicted molar refractivity (Wildman–Crippen MR) is 129 cm³/mol. The SMILES string of the molecule is CC(=O)NC1[C@@H](O)[C@H](O)C(CO)O[C@@]1(O)NC(=O)CCOC(=O)C(CC(C)(C)C(=O)O)SC1CC(=O)NC1=O. The van der Waals surface area contributed by atoms with Gasteiger partial charge in [-0.1, -0.05) is 0 Å². The van der Waals surface area contributed by atoms with Crippen LogP contribution in [-0.4, -0.2) is 115 Å². The number of carboxylic acids is 1. The number of carboxylic acid groups (broad SMARTS) is 1. The highest BCUT2D eigenvalue weighted by molar-refractivity contribution is 8.01. The van der Waals surface area contributed by atoms with Crippen molar-refractivity contribution < 1.29 is 63.8 Å². The zero-order valence-electron chi connectivity index (χ0n) is 21.4. The minimum absolute atomic E-state index is 0.202. The number of hydrogen-bond donors (Lipinski definition) is 8. The van der Waals surface area contributed by atoms with Crippen molar-refractivity contribution in [3.63, 3.8) is 0 Å². The lowest BCUT2D eigenvalue weighted by Crippen LogP contribution is -2.75. The van der Waals surface area contributed by atoms with Crippen molar-refractivity contribution in [3.8, 4) is 0 Å². The van der Waals surface area contributed by atoms with Gasteiger partial charge in [-0.25, -0.2) is 0 Å². The van der Waals surface area contributed by atoms with Crippen LogP contribution in [0.2, 0.25) is 0 Å². The number of nitrogens with one attached hydrogen (secondary N) is 3. The number of thioether (sulfide) groups is 1. The van der Waals surface area contributed by atoms with Crippen molar-refractivity contribution >= 4 is 47.3 Å². The van der Waals surface area contributed by atoms with Crippen LogP contribution in [0.15, 0.2) is 0 Å². The van der Waals surface area contributed by atoms with E-state index in [1.54, 1.807) is 0 Å². The van der Waals surface area contributed by atoms with E-state index in [2.05, 4.69) is 10.6 Å². The molecule has 2 rings (SSSR count). The molecule has 17 heteroatoms. The molecule has 0 bridgehead atoms. The molecule has 4 amide bonds. The average Bonchev–Trinajstić information content (AvgIpc) is 3.14. The Balaban J connectivity index is 2.05. The highest BCUT2D eigenvalue weighted by atomic mass is 32.2. The molecule has 2 saturated heterocycles. The number of rotatable bonds is 12. The average molecular weight is 580 g/mol. The number of aliphatic hydroxyl groups excluding tert-OH is 3. The Morgan fingerprint density at radius 3 is 2.38 bits per heavy atom. The molecule has 2 fully saturated rings. The van der Waals surface area contributed by atoms with E-state index in [0.717, 1.165) is 18.7 Å². The van der Waals surface area contributed by atoms with Crippen LogP contribution in [-0.2, 0) is 38.2 Å². The van der Waals surface area contributed by atoms with Gasteiger partial charge in [-0.15, -0.1) is 11.8 Å². The molecule has 0 aromatic rings. The Hall–Kier alpha value is -2.83. The second-order valence-electron chi connectivity index (χ2n) is 9.78. The summed E-state index contributed by atoms with van der Waals surface area (Å²) < 4.78 is 10.3. The summed E-state index contributed by atoms with van der Waals surface area (Å²) in [5.74, 6) is -7.82. The van der Waals surface area contributed by atoms with E-state index in [1.165, 1.54) is 13.8 Å². The van der Waals surface area contributed by atoms with E-state index in [9.17, 15) is 54.3 Å². The van der Waals surface area contributed by atoms with Crippen LogP contribution in [0.25, 0.3) is 0 Å². The third-order valence-electron chi connectivity index (χ3n) is 6.05. The van der Waals surface area contributed by atoms with Crippen molar-refractivity contribution in [2.45, 2.75) is 80.8 Å². The van der Waals surface area contributed by atoms with Gasteiger partial charge >= 0.3 is 11.9 Å². The van der Waals surface area contributed by atoms with Crippen LogP contribution < -0.4 is 16.0 Å². The summed E-state index contributed by atoms with van der Waals surface area (Å²) in [5, 5.41) is 54.1. The molecule has 8 N–H and O–H groups in total. The van der Waals surface area contributed by atoms with Gasteiger partial charge in [-0.2, -0.15) is 0 Å². The zero-order chi connectivity index (χ0) is 29.7.